The zero-order valence-electron chi connectivity index (χ0n) is 13.0. The number of ether oxygens (including phenoxy) is 1. The third kappa shape index (κ3) is 2.50. The Morgan fingerprint density at radius 3 is 2.95 bits per heavy atom. The molecule has 1 aliphatic rings. The molecule has 0 radical (unpaired) electrons. The average molecular weight is 297 g/mol. The number of aryl methyl sites for hydroxylation is 1. The minimum atomic E-state index is -0.375. The number of allylic oxidation sites excluding steroid dienone is 2. The van der Waals surface area contributed by atoms with Gasteiger partial charge < -0.3 is 9.30 Å². The molecule has 2 aromatic rings. The lowest BCUT2D eigenvalue weighted by Gasteiger charge is -2.15. The second kappa shape index (κ2) is 5.67. The molecule has 0 N–H and O–H groups in total. The van der Waals surface area contributed by atoms with Gasteiger partial charge in [0.05, 0.1) is 7.11 Å². The van der Waals surface area contributed by atoms with Crippen LogP contribution < -0.4 is 4.90 Å². The molecule has 0 atom stereocenters. The third-order valence-corrected chi connectivity index (χ3v) is 3.98. The molecule has 1 aliphatic heterocycles. The summed E-state index contributed by atoms with van der Waals surface area (Å²) < 4.78 is 6.88. The van der Waals surface area contributed by atoms with Crippen LogP contribution in [-0.4, -0.2) is 31.0 Å². The zero-order valence-corrected chi connectivity index (χ0v) is 13.0. The summed E-state index contributed by atoms with van der Waals surface area (Å²) in [6, 6.07) is 5.98. The molecule has 1 aromatic heterocycles. The fraction of sp³-hybridized carbons (Fsp3) is 0.294. The number of fused-ring (bicyclic) bond motifs is 1. The molecule has 0 fully saturated rings. The molecule has 0 bridgehead atoms. The summed E-state index contributed by atoms with van der Waals surface area (Å²) in [5.74, 6) is 0. The van der Waals surface area contributed by atoms with Crippen molar-refractivity contribution in [3.05, 3.63) is 41.7 Å². The molecular formula is C17H19N3O2. The fourth-order valence-corrected chi connectivity index (χ4v) is 2.78. The van der Waals surface area contributed by atoms with Crippen molar-refractivity contribution < 1.29 is 9.53 Å². The van der Waals surface area contributed by atoms with Crippen LogP contribution in [0, 0.1) is 0 Å². The molecule has 0 saturated carbocycles. The predicted molar refractivity (Wildman–Crippen MR) is 88.6 cm³/mol. The van der Waals surface area contributed by atoms with Gasteiger partial charge in [-0.05, 0) is 23.8 Å². The summed E-state index contributed by atoms with van der Waals surface area (Å²) in [7, 11) is 5.12. The van der Waals surface area contributed by atoms with E-state index < -0.39 is 0 Å². The Bertz CT molecular complexity index is 787. The first-order valence-corrected chi connectivity index (χ1v) is 7.21. The number of hydrogen-bond donors (Lipinski definition) is 0. The van der Waals surface area contributed by atoms with Gasteiger partial charge in [-0.1, -0.05) is 6.08 Å². The lowest BCUT2D eigenvalue weighted by atomic mass is 10.1. The minimum absolute atomic E-state index is 0.375. The van der Waals surface area contributed by atoms with Gasteiger partial charge in [-0.25, -0.2) is 4.79 Å². The number of carbonyl (C=O) groups is 1. The maximum absolute atomic E-state index is 11.7. The van der Waals surface area contributed by atoms with E-state index in [1.165, 1.54) is 17.6 Å². The van der Waals surface area contributed by atoms with Crippen LogP contribution in [0.4, 0.5) is 10.5 Å². The van der Waals surface area contributed by atoms with E-state index in [-0.39, 0.29) is 6.09 Å². The number of carbonyl (C=O) groups excluding carboxylic acids is 1. The van der Waals surface area contributed by atoms with Crippen molar-refractivity contribution in [2.45, 2.75) is 12.8 Å². The van der Waals surface area contributed by atoms with Crippen LogP contribution >= 0.6 is 0 Å². The van der Waals surface area contributed by atoms with Crippen LogP contribution in [0.2, 0.25) is 0 Å². The summed E-state index contributed by atoms with van der Waals surface area (Å²) in [5.41, 5.74) is 4.26. The van der Waals surface area contributed by atoms with Gasteiger partial charge >= 0.3 is 6.09 Å². The molecule has 1 amide bonds. The zero-order chi connectivity index (χ0) is 15.7. The highest BCUT2D eigenvalue weighted by Gasteiger charge is 2.14. The van der Waals surface area contributed by atoms with Crippen molar-refractivity contribution in [1.29, 1.82) is 0 Å². The highest BCUT2D eigenvalue weighted by Crippen LogP contribution is 2.28. The summed E-state index contributed by atoms with van der Waals surface area (Å²) in [6.45, 7) is 0. The maximum Gasteiger partial charge on any atom is 0.413 e. The van der Waals surface area contributed by atoms with Gasteiger partial charge in [0.25, 0.3) is 0 Å². The van der Waals surface area contributed by atoms with Crippen molar-refractivity contribution in [3.8, 4) is 0 Å². The van der Waals surface area contributed by atoms with Crippen LogP contribution in [0.3, 0.4) is 0 Å². The monoisotopic (exact) mass is 297 g/mol. The molecule has 1 aromatic carbocycles. The summed E-state index contributed by atoms with van der Waals surface area (Å²) in [4.78, 5) is 17.6. The van der Waals surface area contributed by atoms with E-state index in [4.69, 9.17) is 4.74 Å². The van der Waals surface area contributed by atoms with Gasteiger partial charge in [-0.15, -0.1) is 0 Å². The minimum Gasteiger partial charge on any atom is -0.452 e. The Kier molecular flexibility index (Phi) is 3.71. The van der Waals surface area contributed by atoms with E-state index in [0.717, 1.165) is 35.1 Å². The number of benzene rings is 1. The van der Waals surface area contributed by atoms with Crippen molar-refractivity contribution in [3.63, 3.8) is 0 Å². The molecule has 5 nitrogen and oxygen atoms in total. The number of methoxy groups -OCH3 is 1. The molecule has 114 valence electrons. The largest absolute Gasteiger partial charge is 0.452 e. The molecule has 2 heterocycles. The first-order valence-electron chi connectivity index (χ1n) is 7.21. The first kappa shape index (κ1) is 14.4. The Balaban J connectivity index is 2.02. The second-order valence-electron chi connectivity index (χ2n) is 5.42. The number of aromatic nitrogens is 1. The third-order valence-electron chi connectivity index (χ3n) is 3.98. The molecule has 5 heteroatoms. The smallest absolute Gasteiger partial charge is 0.413 e. The van der Waals surface area contributed by atoms with Crippen LogP contribution in [-0.2, 0) is 18.2 Å². The van der Waals surface area contributed by atoms with Crippen molar-refractivity contribution >= 4 is 28.9 Å². The SMILES string of the molecule is COC(=O)N(C)c1ccc2c(c1)c(CC1=CCC=N1)cn2C. The van der Waals surface area contributed by atoms with E-state index in [0.29, 0.717) is 0 Å². The van der Waals surface area contributed by atoms with E-state index >= 15 is 0 Å². The summed E-state index contributed by atoms with van der Waals surface area (Å²) in [5, 5.41) is 1.14. The molecule has 0 saturated heterocycles. The van der Waals surface area contributed by atoms with E-state index in [9.17, 15) is 4.79 Å². The van der Waals surface area contributed by atoms with E-state index in [2.05, 4.69) is 21.8 Å². The van der Waals surface area contributed by atoms with Crippen LogP contribution in [0.15, 0.2) is 41.2 Å². The number of amides is 1. The topological polar surface area (TPSA) is 46.8 Å². The van der Waals surface area contributed by atoms with Crippen molar-refractivity contribution in [2.75, 3.05) is 19.1 Å². The lowest BCUT2D eigenvalue weighted by molar-refractivity contribution is 0.180. The van der Waals surface area contributed by atoms with Crippen LogP contribution in [0.1, 0.15) is 12.0 Å². The highest BCUT2D eigenvalue weighted by atomic mass is 16.5. The number of hydrogen-bond acceptors (Lipinski definition) is 3. The van der Waals surface area contributed by atoms with Gasteiger partial charge in [-0.3, -0.25) is 9.89 Å². The quantitative estimate of drug-likeness (QED) is 0.873. The van der Waals surface area contributed by atoms with E-state index in [1.807, 2.05) is 31.5 Å². The molecule has 0 spiro atoms. The highest BCUT2D eigenvalue weighted by molar-refractivity contribution is 5.93. The number of nitrogens with zero attached hydrogens (tertiary/aromatic N) is 3. The molecule has 22 heavy (non-hydrogen) atoms. The van der Waals surface area contributed by atoms with Gasteiger partial charge in [-0.2, -0.15) is 0 Å². The average Bonchev–Trinajstić information content (AvgIpc) is 3.15. The van der Waals surface area contributed by atoms with Gasteiger partial charge in [0.1, 0.15) is 0 Å². The lowest BCUT2D eigenvalue weighted by Crippen LogP contribution is -2.25. The normalized spacial score (nSPS) is 13.5. The number of anilines is 1. The summed E-state index contributed by atoms with van der Waals surface area (Å²) >= 11 is 0. The molecule has 0 unspecified atom stereocenters. The fourth-order valence-electron chi connectivity index (χ4n) is 2.78. The molecular weight excluding hydrogens is 278 g/mol. The maximum atomic E-state index is 11.7. The number of rotatable bonds is 3. The second-order valence-corrected chi connectivity index (χ2v) is 5.42. The Morgan fingerprint density at radius 1 is 1.45 bits per heavy atom. The molecule has 3 rings (SSSR count). The van der Waals surface area contributed by atoms with Crippen LogP contribution in [0.5, 0.6) is 0 Å². The molecule has 0 aliphatic carbocycles. The first-order chi connectivity index (χ1) is 10.6. The summed E-state index contributed by atoms with van der Waals surface area (Å²) in [6.07, 6.45) is 7.54. The standard InChI is InChI=1S/C17H19N3O2/c1-19-11-12(9-13-5-4-8-18-13)15-10-14(6-7-16(15)19)20(2)17(21)22-3/h5-8,10-11H,4,9H2,1-3H3. The Hall–Kier alpha value is -2.56. The van der Waals surface area contributed by atoms with Gasteiger partial charge in [0.15, 0.2) is 0 Å². The predicted octanol–water partition coefficient (Wildman–Crippen LogP) is 3.28. The van der Waals surface area contributed by atoms with Crippen LogP contribution in [0.25, 0.3) is 10.9 Å². The van der Waals surface area contributed by atoms with Gasteiger partial charge in [0.2, 0.25) is 0 Å². The van der Waals surface area contributed by atoms with Gasteiger partial charge in [0, 0.05) is 61.6 Å². The Morgan fingerprint density at radius 2 is 2.27 bits per heavy atom. The number of aliphatic imine (C=N–C) groups is 1. The Labute approximate surface area is 129 Å². The van der Waals surface area contributed by atoms with Crippen molar-refractivity contribution in [2.24, 2.45) is 12.0 Å². The van der Waals surface area contributed by atoms with Crippen molar-refractivity contribution in [1.82, 2.24) is 4.57 Å². The van der Waals surface area contributed by atoms with E-state index in [1.54, 1.807) is 7.05 Å².